The van der Waals surface area contributed by atoms with E-state index in [9.17, 15) is 8.42 Å². The molecule has 0 saturated carbocycles. The van der Waals surface area contributed by atoms with Gasteiger partial charge in [-0.3, -0.25) is 4.72 Å². The van der Waals surface area contributed by atoms with Crippen molar-refractivity contribution in [2.24, 2.45) is 5.84 Å². The number of hydrogen-bond acceptors (Lipinski definition) is 6. The number of hydrazine groups is 1. The minimum absolute atomic E-state index is 0.0293. The molecule has 0 aliphatic heterocycles. The van der Waals surface area contributed by atoms with Crippen LogP contribution in [0.25, 0.3) is 0 Å². The van der Waals surface area contributed by atoms with Crippen molar-refractivity contribution in [2.45, 2.75) is 4.90 Å². The summed E-state index contributed by atoms with van der Waals surface area (Å²) in [6, 6.07) is 9.44. The van der Waals surface area contributed by atoms with Gasteiger partial charge in [0.05, 0.1) is 7.11 Å². The van der Waals surface area contributed by atoms with Gasteiger partial charge in [0, 0.05) is 11.9 Å². The number of sulfonamides is 1. The van der Waals surface area contributed by atoms with Gasteiger partial charge in [-0.15, -0.1) is 0 Å². The van der Waals surface area contributed by atoms with E-state index in [1.807, 2.05) is 0 Å². The van der Waals surface area contributed by atoms with Crippen molar-refractivity contribution in [1.82, 2.24) is 4.98 Å². The van der Waals surface area contributed by atoms with Crippen molar-refractivity contribution in [3.05, 3.63) is 42.6 Å². The lowest BCUT2D eigenvalue weighted by Crippen LogP contribution is -2.18. The highest BCUT2D eigenvalue weighted by Gasteiger charge is 2.19. The molecule has 0 unspecified atom stereocenters. The van der Waals surface area contributed by atoms with Crippen LogP contribution < -0.4 is 20.7 Å². The SMILES string of the molecule is COc1ccc(NS(=O)(=O)c2cccnc2NN)cc1. The van der Waals surface area contributed by atoms with Gasteiger partial charge in [-0.05, 0) is 36.4 Å². The maximum Gasteiger partial charge on any atom is 0.265 e. The first-order valence-electron chi connectivity index (χ1n) is 5.65. The van der Waals surface area contributed by atoms with E-state index >= 15 is 0 Å². The molecule has 0 bridgehead atoms. The summed E-state index contributed by atoms with van der Waals surface area (Å²) in [6.07, 6.45) is 1.45. The van der Waals surface area contributed by atoms with E-state index in [-0.39, 0.29) is 10.7 Å². The number of pyridine rings is 1. The van der Waals surface area contributed by atoms with Crippen LogP contribution in [0.4, 0.5) is 11.5 Å². The summed E-state index contributed by atoms with van der Waals surface area (Å²) in [5.41, 5.74) is 2.67. The number of aromatic nitrogens is 1. The average Bonchev–Trinajstić information content (AvgIpc) is 2.47. The molecule has 7 nitrogen and oxygen atoms in total. The van der Waals surface area contributed by atoms with Crippen LogP contribution in [0.1, 0.15) is 0 Å². The number of benzene rings is 1. The zero-order valence-corrected chi connectivity index (χ0v) is 11.5. The highest BCUT2D eigenvalue weighted by Crippen LogP contribution is 2.22. The lowest BCUT2D eigenvalue weighted by Gasteiger charge is -2.11. The molecule has 1 aromatic heterocycles. The Labute approximate surface area is 116 Å². The monoisotopic (exact) mass is 294 g/mol. The summed E-state index contributed by atoms with van der Waals surface area (Å²) in [4.78, 5) is 3.83. The third-order valence-corrected chi connectivity index (χ3v) is 3.95. The Kier molecular flexibility index (Phi) is 4.06. The summed E-state index contributed by atoms with van der Waals surface area (Å²) >= 11 is 0. The van der Waals surface area contributed by atoms with Crippen molar-refractivity contribution in [2.75, 3.05) is 17.3 Å². The van der Waals surface area contributed by atoms with Crippen LogP contribution in [0.5, 0.6) is 5.75 Å². The Morgan fingerprint density at radius 3 is 2.50 bits per heavy atom. The van der Waals surface area contributed by atoms with Gasteiger partial charge in [-0.2, -0.15) is 0 Å². The first-order chi connectivity index (χ1) is 9.56. The zero-order chi connectivity index (χ0) is 14.6. The first-order valence-corrected chi connectivity index (χ1v) is 7.13. The summed E-state index contributed by atoms with van der Waals surface area (Å²) in [5.74, 6) is 5.97. The summed E-state index contributed by atoms with van der Waals surface area (Å²) < 4.78 is 32.0. The van der Waals surface area contributed by atoms with Crippen LogP contribution in [-0.2, 0) is 10.0 Å². The Morgan fingerprint density at radius 1 is 1.20 bits per heavy atom. The molecule has 0 amide bonds. The van der Waals surface area contributed by atoms with Crippen LogP contribution in [0, 0.1) is 0 Å². The van der Waals surface area contributed by atoms with Crippen LogP contribution in [0.15, 0.2) is 47.5 Å². The number of ether oxygens (including phenoxy) is 1. The molecule has 1 heterocycles. The molecule has 1 aromatic carbocycles. The smallest absolute Gasteiger partial charge is 0.265 e. The van der Waals surface area contributed by atoms with Crippen molar-refractivity contribution < 1.29 is 13.2 Å². The fourth-order valence-corrected chi connectivity index (χ4v) is 2.77. The van der Waals surface area contributed by atoms with Gasteiger partial charge >= 0.3 is 0 Å². The maximum absolute atomic E-state index is 12.3. The molecule has 0 saturated heterocycles. The second-order valence-electron chi connectivity index (χ2n) is 3.83. The highest BCUT2D eigenvalue weighted by molar-refractivity contribution is 7.92. The molecule has 0 aliphatic carbocycles. The molecule has 0 spiro atoms. The van der Waals surface area contributed by atoms with Gasteiger partial charge in [0.2, 0.25) is 0 Å². The molecule has 106 valence electrons. The van der Waals surface area contributed by atoms with Crippen molar-refractivity contribution >= 4 is 21.5 Å². The second-order valence-corrected chi connectivity index (χ2v) is 5.48. The van der Waals surface area contributed by atoms with E-state index in [0.29, 0.717) is 11.4 Å². The van der Waals surface area contributed by atoms with Gasteiger partial charge in [0.25, 0.3) is 10.0 Å². The Morgan fingerprint density at radius 2 is 1.90 bits per heavy atom. The lowest BCUT2D eigenvalue weighted by atomic mass is 10.3. The summed E-state index contributed by atoms with van der Waals surface area (Å²) in [5, 5.41) is 0. The van der Waals surface area contributed by atoms with Crippen molar-refractivity contribution in [3.8, 4) is 5.75 Å². The third kappa shape index (κ3) is 2.98. The molecule has 20 heavy (non-hydrogen) atoms. The number of rotatable bonds is 5. The number of anilines is 2. The fourth-order valence-electron chi connectivity index (χ4n) is 1.58. The Bertz CT molecular complexity index is 686. The van der Waals surface area contributed by atoms with Crippen LogP contribution in [-0.4, -0.2) is 20.5 Å². The van der Waals surface area contributed by atoms with E-state index in [1.165, 1.54) is 25.4 Å². The van der Waals surface area contributed by atoms with Gasteiger partial charge < -0.3 is 10.2 Å². The largest absolute Gasteiger partial charge is 0.497 e. The molecule has 8 heteroatoms. The molecular weight excluding hydrogens is 280 g/mol. The van der Waals surface area contributed by atoms with Crippen molar-refractivity contribution in [3.63, 3.8) is 0 Å². The second kappa shape index (κ2) is 5.76. The topological polar surface area (TPSA) is 106 Å². The minimum Gasteiger partial charge on any atom is -0.497 e. The summed E-state index contributed by atoms with van der Waals surface area (Å²) in [6.45, 7) is 0. The Balaban J connectivity index is 2.30. The highest BCUT2D eigenvalue weighted by atomic mass is 32.2. The molecule has 4 N–H and O–H groups in total. The molecule has 0 radical (unpaired) electrons. The van der Waals surface area contributed by atoms with Crippen LogP contribution in [0.2, 0.25) is 0 Å². The summed E-state index contributed by atoms with van der Waals surface area (Å²) in [7, 11) is -2.24. The van der Waals surface area contributed by atoms with Gasteiger partial charge in [0.15, 0.2) is 5.82 Å². The number of hydrogen-bond donors (Lipinski definition) is 3. The molecule has 0 fully saturated rings. The molecular formula is C12H14N4O3S. The standard InChI is InChI=1S/C12H14N4O3S/c1-19-10-6-4-9(5-7-10)16-20(17,18)11-3-2-8-14-12(11)15-13/h2-8,16H,13H2,1H3,(H,14,15). The average molecular weight is 294 g/mol. The number of nitrogens with zero attached hydrogens (tertiary/aromatic N) is 1. The molecule has 2 aromatic rings. The number of nitrogens with two attached hydrogens (primary N) is 1. The normalized spacial score (nSPS) is 10.9. The molecule has 2 rings (SSSR count). The number of methoxy groups -OCH3 is 1. The van der Waals surface area contributed by atoms with E-state index in [1.54, 1.807) is 24.3 Å². The molecule has 0 atom stereocenters. The lowest BCUT2D eigenvalue weighted by molar-refractivity contribution is 0.415. The molecule has 0 aliphatic rings. The first kappa shape index (κ1) is 14.1. The maximum atomic E-state index is 12.3. The van der Waals surface area contributed by atoms with Crippen LogP contribution >= 0.6 is 0 Å². The quantitative estimate of drug-likeness (QED) is 0.564. The van der Waals surface area contributed by atoms with Gasteiger partial charge in [-0.25, -0.2) is 19.2 Å². The fraction of sp³-hybridized carbons (Fsp3) is 0.0833. The van der Waals surface area contributed by atoms with E-state index in [2.05, 4.69) is 15.1 Å². The van der Waals surface area contributed by atoms with E-state index in [0.717, 1.165) is 0 Å². The minimum atomic E-state index is -3.77. The van der Waals surface area contributed by atoms with E-state index < -0.39 is 10.0 Å². The van der Waals surface area contributed by atoms with Crippen molar-refractivity contribution in [1.29, 1.82) is 0 Å². The zero-order valence-electron chi connectivity index (χ0n) is 10.7. The predicted octanol–water partition coefficient (Wildman–Crippen LogP) is 1.18. The third-order valence-electron chi connectivity index (χ3n) is 2.54. The van der Waals surface area contributed by atoms with Gasteiger partial charge in [-0.1, -0.05) is 0 Å². The number of nitrogens with one attached hydrogen (secondary N) is 2. The predicted molar refractivity (Wildman–Crippen MR) is 75.8 cm³/mol. The van der Waals surface area contributed by atoms with Gasteiger partial charge in [0.1, 0.15) is 10.6 Å². The Hall–Kier alpha value is -2.32. The number of nitrogen functional groups attached to an aromatic ring is 1. The van der Waals surface area contributed by atoms with E-state index in [4.69, 9.17) is 10.6 Å². The van der Waals surface area contributed by atoms with Crippen LogP contribution in [0.3, 0.4) is 0 Å².